The summed E-state index contributed by atoms with van der Waals surface area (Å²) in [5.74, 6) is -8.02. The smallest absolute Gasteiger partial charge is 0.432 e. The summed E-state index contributed by atoms with van der Waals surface area (Å²) in [4.78, 5) is 21.6. The van der Waals surface area contributed by atoms with Crippen LogP contribution in [0, 0.1) is 0 Å². The Hall–Kier alpha value is -1.61. The first-order valence-corrected chi connectivity index (χ1v) is 5.36. The number of halogens is 5. The van der Waals surface area contributed by atoms with E-state index in [4.69, 9.17) is 0 Å². The summed E-state index contributed by atoms with van der Waals surface area (Å²) in [5.41, 5.74) is -0.844. The van der Waals surface area contributed by atoms with Crippen LogP contribution in [0.25, 0.3) is 0 Å². The second-order valence-corrected chi connectivity index (χ2v) is 4.64. The lowest BCUT2D eigenvalue weighted by molar-refractivity contribution is -0.269. The molecule has 0 radical (unpaired) electrons. The minimum atomic E-state index is -5.98. The highest BCUT2D eigenvalue weighted by Gasteiger charge is 2.63. The number of amides is 1. The van der Waals surface area contributed by atoms with Crippen LogP contribution >= 0.6 is 0 Å². The highest BCUT2D eigenvalue weighted by atomic mass is 19.4. The van der Waals surface area contributed by atoms with Crippen LogP contribution in [0.15, 0.2) is 0 Å². The molecule has 1 N–H and O–H groups in total. The molecular formula is C10H14F5NO4. The Morgan fingerprint density at radius 1 is 1.05 bits per heavy atom. The first-order valence-electron chi connectivity index (χ1n) is 5.36. The normalized spacial score (nSPS) is 12.8. The lowest BCUT2D eigenvalue weighted by atomic mass is 10.2. The number of hydrogen-bond acceptors (Lipinski definition) is 4. The van der Waals surface area contributed by atoms with Gasteiger partial charge in [-0.05, 0) is 20.8 Å². The minimum absolute atomic E-state index is 0.603. The monoisotopic (exact) mass is 307 g/mol. The van der Waals surface area contributed by atoms with Crippen LogP contribution in [0.3, 0.4) is 0 Å². The van der Waals surface area contributed by atoms with Crippen LogP contribution in [0.5, 0.6) is 0 Å². The number of alkyl halides is 5. The summed E-state index contributed by atoms with van der Waals surface area (Å²) >= 11 is 0. The van der Waals surface area contributed by atoms with E-state index in [-0.39, 0.29) is 0 Å². The van der Waals surface area contributed by atoms with E-state index in [9.17, 15) is 31.5 Å². The molecule has 1 amide bonds. The van der Waals surface area contributed by atoms with Crippen molar-refractivity contribution >= 4 is 12.1 Å². The summed E-state index contributed by atoms with van der Waals surface area (Å²) in [7, 11) is 0. The molecule has 0 heterocycles. The van der Waals surface area contributed by atoms with E-state index < -0.39 is 42.9 Å². The Morgan fingerprint density at radius 2 is 1.55 bits per heavy atom. The summed E-state index contributed by atoms with van der Waals surface area (Å²) in [5, 5.41) is 1.31. The zero-order chi connectivity index (χ0) is 16.2. The predicted octanol–water partition coefficient (Wildman–Crippen LogP) is 2.25. The van der Waals surface area contributed by atoms with E-state index in [1.54, 1.807) is 20.8 Å². The van der Waals surface area contributed by atoms with Crippen molar-refractivity contribution in [2.24, 2.45) is 0 Å². The second-order valence-electron chi connectivity index (χ2n) is 4.64. The van der Waals surface area contributed by atoms with Crippen molar-refractivity contribution in [3.63, 3.8) is 0 Å². The van der Waals surface area contributed by atoms with Crippen molar-refractivity contribution in [1.82, 2.24) is 5.32 Å². The first kappa shape index (κ1) is 18.4. The molecule has 0 fully saturated rings. The van der Waals surface area contributed by atoms with E-state index >= 15 is 0 Å². The molecule has 0 rings (SSSR count). The molecule has 0 atom stereocenters. The fraction of sp³-hybridized carbons (Fsp3) is 0.800. The summed E-state index contributed by atoms with van der Waals surface area (Å²) < 4.78 is 69.3. The van der Waals surface area contributed by atoms with Crippen LogP contribution < -0.4 is 5.32 Å². The maximum absolute atomic E-state index is 12.5. The van der Waals surface area contributed by atoms with E-state index in [2.05, 4.69) is 9.47 Å². The average Bonchev–Trinajstić information content (AvgIpc) is 2.19. The van der Waals surface area contributed by atoms with Crippen molar-refractivity contribution < 1.29 is 41.0 Å². The van der Waals surface area contributed by atoms with Crippen molar-refractivity contribution in [2.75, 3.05) is 13.2 Å². The van der Waals surface area contributed by atoms with Crippen LogP contribution in [0.4, 0.5) is 26.7 Å². The van der Waals surface area contributed by atoms with E-state index in [1.165, 1.54) is 5.32 Å². The Balaban J connectivity index is 4.09. The van der Waals surface area contributed by atoms with Gasteiger partial charge in [0.05, 0.1) is 6.54 Å². The zero-order valence-electron chi connectivity index (χ0n) is 10.9. The maximum atomic E-state index is 12.5. The van der Waals surface area contributed by atoms with Crippen molar-refractivity contribution in [3.8, 4) is 0 Å². The van der Waals surface area contributed by atoms with Crippen LogP contribution in [0.2, 0.25) is 0 Å². The molecule has 10 heteroatoms. The third-order valence-corrected chi connectivity index (χ3v) is 1.64. The summed E-state index contributed by atoms with van der Waals surface area (Å²) in [6, 6.07) is 0. The quantitative estimate of drug-likeness (QED) is 0.491. The van der Waals surface area contributed by atoms with E-state index in [1.807, 2.05) is 0 Å². The Labute approximate surface area is 111 Å². The molecular weight excluding hydrogens is 293 g/mol. The van der Waals surface area contributed by atoms with Gasteiger partial charge >= 0.3 is 18.3 Å². The van der Waals surface area contributed by atoms with Crippen LogP contribution in [0.1, 0.15) is 20.8 Å². The summed E-state index contributed by atoms with van der Waals surface area (Å²) in [6.45, 7) is 3.32. The van der Waals surface area contributed by atoms with Gasteiger partial charge in [0.15, 0.2) is 0 Å². The molecule has 0 aliphatic rings. The van der Waals surface area contributed by atoms with Gasteiger partial charge in [0.1, 0.15) is 12.2 Å². The summed E-state index contributed by atoms with van der Waals surface area (Å²) in [6.07, 6.45) is -7.11. The largest absolute Gasteiger partial charge is 0.508 e. The molecule has 0 bridgehead atoms. The average molecular weight is 307 g/mol. The van der Waals surface area contributed by atoms with Crippen molar-refractivity contribution in [2.45, 2.75) is 38.5 Å². The molecule has 0 unspecified atom stereocenters. The van der Waals surface area contributed by atoms with Gasteiger partial charge in [-0.2, -0.15) is 22.0 Å². The molecule has 0 aliphatic heterocycles. The fourth-order valence-corrected chi connectivity index (χ4v) is 0.818. The van der Waals surface area contributed by atoms with Gasteiger partial charge in [-0.25, -0.2) is 4.79 Å². The molecule has 0 saturated carbocycles. The Morgan fingerprint density at radius 3 is 1.95 bits per heavy atom. The topological polar surface area (TPSA) is 64.6 Å². The molecule has 0 aliphatic carbocycles. The number of carbonyl (C=O) groups excluding carboxylic acids is 2. The van der Waals surface area contributed by atoms with Gasteiger partial charge in [0.2, 0.25) is 0 Å². The SMILES string of the molecule is CC(C)(C)OC(=O)OCCNC(=O)C(F)(F)C(F)(F)F. The number of nitrogens with one attached hydrogen (secondary N) is 1. The molecule has 0 aromatic carbocycles. The number of carbonyl (C=O) groups is 2. The van der Waals surface area contributed by atoms with Crippen LogP contribution in [-0.2, 0) is 14.3 Å². The zero-order valence-corrected chi connectivity index (χ0v) is 10.9. The van der Waals surface area contributed by atoms with Gasteiger partial charge in [0, 0.05) is 0 Å². The fourth-order valence-electron chi connectivity index (χ4n) is 0.818. The predicted molar refractivity (Wildman–Crippen MR) is 56.2 cm³/mol. The van der Waals surface area contributed by atoms with Gasteiger partial charge < -0.3 is 14.8 Å². The lowest BCUT2D eigenvalue weighted by Crippen LogP contribution is -2.51. The van der Waals surface area contributed by atoms with Crippen molar-refractivity contribution in [3.05, 3.63) is 0 Å². The second kappa shape index (κ2) is 6.23. The maximum Gasteiger partial charge on any atom is 0.508 e. The molecule has 0 saturated heterocycles. The van der Waals surface area contributed by atoms with E-state index in [0.717, 1.165) is 0 Å². The van der Waals surface area contributed by atoms with E-state index in [0.29, 0.717) is 0 Å². The van der Waals surface area contributed by atoms with Gasteiger partial charge in [0.25, 0.3) is 5.91 Å². The van der Waals surface area contributed by atoms with Gasteiger partial charge in [-0.1, -0.05) is 0 Å². The lowest BCUT2D eigenvalue weighted by Gasteiger charge is -2.20. The Kier molecular flexibility index (Phi) is 5.73. The molecule has 0 aromatic heterocycles. The molecule has 0 spiro atoms. The first-order chi connectivity index (χ1) is 8.77. The number of ether oxygens (including phenoxy) is 2. The Bertz CT molecular complexity index is 362. The van der Waals surface area contributed by atoms with Gasteiger partial charge in [-0.15, -0.1) is 0 Å². The minimum Gasteiger partial charge on any atom is -0.432 e. The highest BCUT2D eigenvalue weighted by molar-refractivity contribution is 5.84. The standard InChI is InChI=1S/C10H14F5NO4/c1-8(2,3)20-7(18)19-5-4-16-6(17)9(11,12)10(13,14)15/h4-5H2,1-3H3,(H,16,17). The highest BCUT2D eigenvalue weighted by Crippen LogP contribution is 2.35. The third kappa shape index (κ3) is 6.02. The number of rotatable bonds is 4. The molecule has 5 nitrogen and oxygen atoms in total. The number of hydrogen-bond donors (Lipinski definition) is 1. The van der Waals surface area contributed by atoms with Crippen molar-refractivity contribution in [1.29, 1.82) is 0 Å². The third-order valence-electron chi connectivity index (χ3n) is 1.64. The molecule has 118 valence electrons. The molecule has 0 aromatic rings. The van der Waals surface area contributed by atoms with Gasteiger partial charge in [-0.3, -0.25) is 4.79 Å². The van der Waals surface area contributed by atoms with Crippen LogP contribution in [-0.4, -0.2) is 42.9 Å². The molecule has 20 heavy (non-hydrogen) atoms.